The molecule has 0 spiro atoms. The molecule has 182 valence electrons. The number of hydrogen-bond acceptors (Lipinski definition) is 5. The van der Waals surface area contributed by atoms with Crippen LogP contribution in [-0.2, 0) is 9.53 Å². The van der Waals surface area contributed by atoms with Crippen molar-refractivity contribution < 1.29 is 9.53 Å². The van der Waals surface area contributed by atoms with E-state index in [1.54, 1.807) is 0 Å². The average molecular weight is 471 g/mol. The van der Waals surface area contributed by atoms with Crippen molar-refractivity contribution in [3.63, 3.8) is 0 Å². The van der Waals surface area contributed by atoms with Crippen LogP contribution in [0.2, 0.25) is 0 Å². The van der Waals surface area contributed by atoms with E-state index in [1.165, 1.54) is 11.1 Å². The lowest BCUT2D eigenvalue weighted by molar-refractivity contribution is -0.117. The number of anilines is 2. The zero-order chi connectivity index (χ0) is 23.9. The molecule has 2 aliphatic rings. The maximum Gasteiger partial charge on any atom is 0.238 e. The molecule has 2 aliphatic heterocycles. The van der Waals surface area contributed by atoms with E-state index in [0.29, 0.717) is 6.54 Å². The monoisotopic (exact) mass is 470 g/mol. The van der Waals surface area contributed by atoms with E-state index in [-0.39, 0.29) is 11.9 Å². The van der Waals surface area contributed by atoms with Crippen molar-refractivity contribution in [2.75, 3.05) is 69.2 Å². The van der Waals surface area contributed by atoms with E-state index in [1.807, 2.05) is 18.2 Å². The van der Waals surface area contributed by atoms with Crippen LogP contribution in [0.5, 0.6) is 0 Å². The Bertz CT molecular complexity index is 1040. The van der Waals surface area contributed by atoms with Crippen LogP contribution >= 0.6 is 0 Å². The van der Waals surface area contributed by atoms with Gasteiger partial charge in [0.1, 0.15) is 0 Å². The summed E-state index contributed by atoms with van der Waals surface area (Å²) in [6.45, 7) is 7.13. The van der Waals surface area contributed by atoms with E-state index in [0.717, 1.165) is 63.9 Å². The number of hydrogen-bond donors (Lipinski definition) is 1. The number of piperazine rings is 1. The summed E-state index contributed by atoms with van der Waals surface area (Å²) in [4.78, 5) is 20.0. The first-order valence-corrected chi connectivity index (χ1v) is 12.6. The number of amides is 1. The molecule has 3 aromatic rings. The van der Waals surface area contributed by atoms with Gasteiger partial charge in [0.05, 0.1) is 37.2 Å². The summed E-state index contributed by atoms with van der Waals surface area (Å²) < 4.78 is 5.48. The quantitative estimate of drug-likeness (QED) is 0.568. The highest BCUT2D eigenvalue weighted by Crippen LogP contribution is 2.30. The Kier molecular flexibility index (Phi) is 7.73. The maximum atomic E-state index is 13.0. The molecule has 6 heteroatoms. The molecule has 0 atom stereocenters. The molecular weight excluding hydrogens is 436 g/mol. The fraction of sp³-hybridized carbons (Fsp3) is 0.345. The summed E-state index contributed by atoms with van der Waals surface area (Å²) in [5, 5.41) is 3.16. The number of nitrogens with one attached hydrogen (secondary N) is 1. The molecular formula is C29H34N4O2. The Labute approximate surface area is 208 Å². The molecule has 2 heterocycles. The molecule has 0 radical (unpaired) electrons. The van der Waals surface area contributed by atoms with Gasteiger partial charge in [0.15, 0.2) is 0 Å². The molecule has 2 fully saturated rings. The van der Waals surface area contributed by atoms with Crippen molar-refractivity contribution in [3.8, 4) is 0 Å². The van der Waals surface area contributed by atoms with E-state index >= 15 is 0 Å². The Morgan fingerprint density at radius 1 is 0.743 bits per heavy atom. The highest BCUT2D eigenvalue weighted by Gasteiger charge is 2.27. The molecule has 35 heavy (non-hydrogen) atoms. The number of nitrogens with zero attached hydrogens (tertiary/aromatic N) is 3. The minimum absolute atomic E-state index is 0.0434. The number of carbonyl (C=O) groups is 1. The third kappa shape index (κ3) is 5.90. The Morgan fingerprint density at radius 2 is 1.31 bits per heavy atom. The second-order valence-electron chi connectivity index (χ2n) is 9.20. The normalized spacial score (nSPS) is 17.5. The van der Waals surface area contributed by atoms with E-state index < -0.39 is 0 Å². The number of carbonyl (C=O) groups excluding carboxylic acids is 1. The second-order valence-corrected chi connectivity index (χ2v) is 9.20. The molecule has 6 nitrogen and oxygen atoms in total. The summed E-state index contributed by atoms with van der Waals surface area (Å²) in [7, 11) is 0. The molecule has 0 unspecified atom stereocenters. The smallest absolute Gasteiger partial charge is 0.238 e. The minimum atomic E-state index is 0.0434. The topological polar surface area (TPSA) is 48.1 Å². The first-order chi connectivity index (χ1) is 17.3. The largest absolute Gasteiger partial charge is 0.378 e. The summed E-state index contributed by atoms with van der Waals surface area (Å²) in [5.74, 6) is 0.0434. The van der Waals surface area contributed by atoms with Crippen molar-refractivity contribution in [1.29, 1.82) is 0 Å². The fourth-order valence-corrected chi connectivity index (χ4v) is 5.12. The molecule has 5 rings (SSSR count). The zero-order valence-electron chi connectivity index (χ0n) is 20.2. The van der Waals surface area contributed by atoms with Crippen molar-refractivity contribution >= 4 is 17.3 Å². The predicted octanol–water partition coefficient (Wildman–Crippen LogP) is 3.87. The van der Waals surface area contributed by atoms with Crippen LogP contribution in [-0.4, -0.2) is 74.7 Å². The lowest BCUT2D eigenvalue weighted by Gasteiger charge is -2.39. The third-order valence-corrected chi connectivity index (χ3v) is 6.90. The number of ether oxygens (including phenoxy) is 1. The third-order valence-electron chi connectivity index (χ3n) is 6.90. The van der Waals surface area contributed by atoms with E-state index in [9.17, 15) is 4.79 Å². The van der Waals surface area contributed by atoms with E-state index in [2.05, 4.69) is 86.7 Å². The lowest BCUT2D eigenvalue weighted by atomic mass is 9.96. The van der Waals surface area contributed by atoms with Crippen LogP contribution in [0.4, 0.5) is 11.4 Å². The van der Waals surface area contributed by atoms with Gasteiger partial charge in [-0.2, -0.15) is 0 Å². The number of rotatable bonds is 7. The van der Waals surface area contributed by atoms with Crippen LogP contribution in [0.15, 0.2) is 84.9 Å². The van der Waals surface area contributed by atoms with Crippen LogP contribution in [0, 0.1) is 0 Å². The van der Waals surface area contributed by atoms with Gasteiger partial charge in [-0.1, -0.05) is 72.8 Å². The predicted molar refractivity (Wildman–Crippen MR) is 141 cm³/mol. The number of para-hydroxylation sites is 2. The molecule has 3 aromatic carbocycles. The molecule has 0 saturated carbocycles. The van der Waals surface area contributed by atoms with Crippen molar-refractivity contribution in [2.24, 2.45) is 0 Å². The standard InChI is InChI=1S/C29H34N4O2/c34-28(30-26-13-7-8-14-27(26)32-19-21-35-22-20-32)23-31-15-17-33(18-16-31)29(24-9-3-1-4-10-24)25-11-5-2-6-12-25/h1-14,29H,15-23H2,(H,30,34). The van der Waals surface area contributed by atoms with E-state index in [4.69, 9.17) is 4.74 Å². The number of morpholine rings is 1. The number of benzene rings is 3. The van der Waals surface area contributed by atoms with Crippen molar-refractivity contribution in [3.05, 3.63) is 96.1 Å². The van der Waals surface area contributed by atoms with Crippen LogP contribution < -0.4 is 10.2 Å². The Balaban J connectivity index is 1.20. The summed E-state index contributed by atoms with van der Waals surface area (Å²) >= 11 is 0. The van der Waals surface area contributed by atoms with Gasteiger partial charge in [-0.25, -0.2) is 0 Å². The molecule has 0 bridgehead atoms. The molecule has 0 aromatic heterocycles. The van der Waals surface area contributed by atoms with Gasteiger partial charge < -0.3 is 15.0 Å². The highest BCUT2D eigenvalue weighted by molar-refractivity contribution is 5.95. The molecule has 2 saturated heterocycles. The molecule has 1 N–H and O–H groups in total. The molecule has 1 amide bonds. The lowest BCUT2D eigenvalue weighted by Crippen LogP contribution is -2.49. The average Bonchev–Trinajstić information content (AvgIpc) is 2.92. The minimum Gasteiger partial charge on any atom is -0.378 e. The summed E-state index contributed by atoms with van der Waals surface area (Å²) in [5.41, 5.74) is 4.57. The first kappa shape index (κ1) is 23.5. The van der Waals surface area contributed by atoms with Gasteiger partial charge >= 0.3 is 0 Å². The van der Waals surface area contributed by atoms with Gasteiger partial charge in [0.25, 0.3) is 0 Å². The van der Waals surface area contributed by atoms with Crippen molar-refractivity contribution in [2.45, 2.75) is 6.04 Å². The Morgan fingerprint density at radius 3 is 1.94 bits per heavy atom. The van der Waals surface area contributed by atoms with Crippen LogP contribution in [0.25, 0.3) is 0 Å². The van der Waals surface area contributed by atoms with Crippen LogP contribution in [0.1, 0.15) is 17.2 Å². The molecule has 0 aliphatic carbocycles. The van der Waals surface area contributed by atoms with Crippen LogP contribution in [0.3, 0.4) is 0 Å². The van der Waals surface area contributed by atoms with Gasteiger partial charge in [0.2, 0.25) is 5.91 Å². The fourth-order valence-electron chi connectivity index (χ4n) is 5.12. The summed E-state index contributed by atoms with van der Waals surface area (Å²) in [6.07, 6.45) is 0. The van der Waals surface area contributed by atoms with Gasteiger partial charge in [-0.05, 0) is 23.3 Å². The summed E-state index contributed by atoms with van der Waals surface area (Å²) in [6, 6.07) is 29.7. The highest BCUT2D eigenvalue weighted by atomic mass is 16.5. The van der Waals surface area contributed by atoms with Gasteiger partial charge in [0, 0.05) is 39.3 Å². The first-order valence-electron chi connectivity index (χ1n) is 12.6. The SMILES string of the molecule is O=C(CN1CCN(C(c2ccccc2)c2ccccc2)CC1)Nc1ccccc1N1CCOCC1. The van der Waals surface area contributed by atoms with Gasteiger partial charge in [-0.3, -0.25) is 14.6 Å². The second kappa shape index (κ2) is 11.5. The Hall–Kier alpha value is -3.19. The van der Waals surface area contributed by atoms with Gasteiger partial charge in [-0.15, -0.1) is 0 Å². The van der Waals surface area contributed by atoms with Crippen molar-refractivity contribution in [1.82, 2.24) is 9.80 Å². The maximum absolute atomic E-state index is 13.0. The zero-order valence-corrected chi connectivity index (χ0v) is 20.2.